The molecule has 0 aliphatic carbocycles. The first-order valence-electron chi connectivity index (χ1n) is 7.63. The summed E-state index contributed by atoms with van der Waals surface area (Å²) >= 11 is 0. The molecule has 0 radical (unpaired) electrons. The Morgan fingerprint density at radius 2 is 2.13 bits per heavy atom. The molecule has 1 rings (SSSR count). The van der Waals surface area contributed by atoms with E-state index < -0.39 is 5.41 Å². The number of carbonyl (C=O) groups is 1. The standard InChI is InChI=1S/C19H26N2O2/c1-6-19(3,18(22)23-5)13-15-8-7-9-16(12-15)17(21-4)11-10-14(2)20/h7-12H,2,6,13,20H2,1,3-5H3/b11-10-,21-17+. The number of esters is 1. The van der Waals surface area contributed by atoms with Gasteiger partial charge in [-0.05, 0) is 49.1 Å². The van der Waals surface area contributed by atoms with E-state index in [9.17, 15) is 4.79 Å². The van der Waals surface area contributed by atoms with E-state index in [1.807, 2.05) is 44.2 Å². The summed E-state index contributed by atoms with van der Waals surface area (Å²) in [6.07, 6.45) is 4.89. The number of nitrogens with zero attached hydrogens (tertiary/aromatic N) is 1. The fourth-order valence-corrected chi connectivity index (χ4v) is 2.36. The first kappa shape index (κ1) is 18.7. The van der Waals surface area contributed by atoms with E-state index in [0.717, 1.165) is 16.8 Å². The van der Waals surface area contributed by atoms with Crippen molar-refractivity contribution in [1.29, 1.82) is 0 Å². The fraction of sp³-hybridized carbons (Fsp3) is 0.368. The van der Waals surface area contributed by atoms with Crippen molar-refractivity contribution in [1.82, 2.24) is 0 Å². The Labute approximate surface area is 138 Å². The van der Waals surface area contributed by atoms with Crippen LogP contribution in [0, 0.1) is 5.41 Å². The fourth-order valence-electron chi connectivity index (χ4n) is 2.36. The summed E-state index contributed by atoms with van der Waals surface area (Å²) in [7, 11) is 3.16. The van der Waals surface area contributed by atoms with Crippen LogP contribution >= 0.6 is 0 Å². The van der Waals surface area contributed by atoms with Gasteiger partial charge in [-0.15, -0.1) is 0 Å². The number of methoxy groups -OCH3 is 1. The van der Waals surface area contributed by atoms with Gasteiger partial charge in [-0.25, -0.2) is 0 Å². The highest BCUT2D eigenvalue weighted by molar-refractivity contribution is 6.08. The molecule has 0 bridgehead atoms. The van der Waals surface area contributed by atoms with Crippen LogP contribution in [0.2, 0.25) is 0 Å². The summed E-state index contributed by atoms with van der Waals surface area (Å²) in [6, 6.07) is 8.01. The third-order valence-corrected chi connectivity index (χ3v) is 3.97. The SMILES string of the molecule is C=C(N)/C=C\C(=N/C)c1cccc(CC(C)(CC)C(=O)OC)c1. The van der Waals surface area contributed by atoms with Gasteiger partial charge in [0.05, 0.1) is 18.2 Å². The number of hydrogen-bond donors (Lipinski definition) is 1. The average molecular weight is 314 g/mol. The Bertz CT molecular complexity index is 632. The molecule has 0 aromatic heterocycles. The minimum Gasteiger partial charge on any atom is -0.469 e. The maximum atomic E-state index is 12.0. The van der Waals surface area contributed by atoms with Crippen LogP contribution in [-0.2, 0) is 16.0 Å². The van der Waals surface area contributed by atoms with E-state index in [2.05, 4.69) is 11.6 Å². The van der Waals surface area contributed by atoms with Crippen LogP contribution in [-0.4, -0.2) is 25.8 Å². The van der Waals surface area contributed by atoms with Crippen LogP contribution in [0.25, 0.3) is 0 Å². The number of nitrogens with two attached hydrogens (primary N) is 1. The van der Waals surface area contributed by atoms with Gasteiger partial charge in [0, 0.05) is 12.7 Å². The van der Waals surface area contributed by atoms with Crippen LogP contribution in [0.4, 0.5) is 0 Å². The van der Waals surface area contributed by atoms with Crippen molar-refractivity contribution in [3.05, 3.63) is 59.8 Å². The summed E-state index contributed by atoms with van der Waals surface area (Å²) in [4.78, 5) is 16.3. The molecule has 23 heavy (non-hydrogen) atoms. The quantitative estimate of drug-likeness (QED) is 0.477. The molecule has 1 unspecified atom stereocenters. The molecular formula is C19H26N2O2. The van der Waals surface area contributed by atoms with Crippen molar-refractivity contribution in [3.8, 4) is 0 Å². The lowest BCUT2D eigenvalue weighted by Crippen LogP contribution is -2.30. The highest BCUT2D eigenvalue weighted by Crippen LogP contribution is 2.28. The van der Waals surface area contributed by atoms with Crippen molar-refractivity contribution >= 4 is 11.7 Å². The van der Waals surface area contributed by atoms with Crippen molar-refractivity contribution < 1.29 is 9.53 Å². The van der Waals surface area contributed by atoms with Crippen molar-refractivity contribution in [2.24, 2.45) is 16.1 Å². The second-order valence-corrected chi connectivity index (χ2v) is 5.80. The van der Waals surface area contributed by atoms with Crippen LogP contribution in [0.5, 0.6) is 0 Å². The summed E-state index contributed by atoms with van der Waals surface area (Å²) in [6.45, 7) is 7.57. The van der Waals surface area contributed by atoms with Gasteiger partial charge in [0.1, 0.15) is 0 Å². The highest BCUT2D eigenvalue weighted by Gasteiger charge is 2.32. The molecule has 0 spiro atoms. The predicted molar refractivity (Wildman–Crippen MR) is 95.5 cm³/mol. The number of allylic oxidation sites excluding steroid dienone is 2. The molecule has 0 saturated carbocycles. The van der Waals surface area contributed by atoms with Crippen molar-refractivity contribution in [2.45, 2.75) is 26.7 Å². The van der Waals surface area contributed by atoms with Gasteiger partial charge in [0.15, 0.2) is 0 Å². The second-order valence-electron chi connectivity index (χ2n) is 5.80. The zero-order valence-electron chi connectivity index (χ0n) is 14.4. The Hall–Kier alpha value is -2.36. The number of benzene rings is 1. The van der Waals surface area contributed by atoms with E-state index in [1.54, 1.807) is 13.1 Å². The van der Waals surface area contributed by atoms with Crippen molar-refractivity contribution in [2.75, 3.05) is 14.2 Å². The van der Waals surface area contributed by atoms with Gasteiger partial charge < -0.3 is 10.5 Å². The van der Waals surface area contributed by atoms with Gasteiger partial charge in [0.25, 0.3) is 0 Å². The summed E-state index contributed by atoms with van der Waals surface area (Å²) < 4.78 is 4.94. The number of rotatable bonds is 7. The maximum absolute atomic E-state index is 12.0. The third kappa shape index (κ3) is 5.09. The summed E-state index contributed by atoms with van der Waals surface area (Å²) in [5.74, 6) is -0.186. The zero-order valence-corrected chi connectivity index (χ0v) is 14.4. The van der Waals surface area contributed by atoms with E-state index in [4.69, 9.17) is 10.5 Å². The second kappa shape index (κ2) is 8.32. The lowest BCUT2D eigenvalue weighted by Gasteiger charge is -2.25. The Balaban J connectivity index is 3.09. The van der Waals surface area contributed by atoms with Crippen LogP contribution in [0.1, 0.15) is 31.4 Å². The lowest BCUT2D eigenvalue weighted by molar-refractivity contribution is -0.151. The molecule has 4 nitrogen and oxygen atoms in total. The zero-order chi connectivity index (χ0) is 17.5. The van der Waals surface area contributed by atoms with Crippen LogP contribution in [0.3, 0.4) is 0 Å². The third-order valence-electron chi connectivity index (χ3n) is 3.97. The molecule has 0 heterocycles. The molecule has 4 heteroatoms. The maximum Gasteiger partial charge on any atom is 0.311 e. The largest absolute Gasteiger partial charge is 0.469 e. The minimum atomic E-state index is -0.529. The van der Waals surface area contributed by atoms with Gasteiger partial charge in [-0.3, -0.25) is 9.79 Å². The average Bonchev–Trinajstić information content (AvgIpc) is 2.54. The van der Waals surface area contributed by atoms with Gasteiger partial charge in [-0.2, -0.15) is 0 Å². The van der Waals surface area contributed by atoms with Crippen LogP contribution in [0.15, 0.2) is 53.7 Å². The molecule has 1 aromatic rings. The first-order chi connectivity index (χ1) is 10.9. The molecule has 124 valence electrons. The molecule has 0 saturated heterocycles. The number of hydrogen-bond acceptors (Lipinski definition) is 4. The van der Waals surface area contributed by atoms with Crippen molar-refractivity contribution in [3.63, 3.8) is 0 Å². The van der Waals surface area contributed by atoms with Gasteiger partial charge >= 0.3 is 5.97 Å². The highest BCUT2D eigenvalue weighted by atomic mass is 16.5. The van der Waals surface area contributed by atoms with Crippen LogP contribution < -0.4 is 5.73 Å². The number of aliphatic imine (C=N–C) groups is 1. The Morgan fingerprint density at radius 3 is 2.65 bits per heavy atom. The topological polar surface area (TPSA) is 64.7 Å². The Morgan fingerprint density at radius 1 is 1.43 bits per heavy atom. The summed E-state index contributed by atoms with van der Waals surface area (Å²) in [5.41, 5.74) is 8.37. The van der Waals surface area contributed by atoms with E-state index in [1.165, 1.54) is 7.11 Å². The molecule has 0 fully saturated rings. The number of carbonyl (C=O) groups excluding carboxylic acids is 1. The van der Waals surface area contributed by atoms with Gasteiger partial charge in [-0.1, -0.05) is 31.7 Å². The number of ether oxygens (including phenoxy) is 1. The molecule has 0 amide bonds. The Kier molecular flexibility index (Phi) is 6.76. The normalized spacial score (nSPS) is 14.5. The van der Waals surface area contributed by atoms with Gasteiger partial charge in [0.2, 0.25) is 0 Å². The predicted octanol–water partition coefficient (Wildman–Crippen LogP) is 3.27. The van der Waals surface area contributed by atoms with E-state index in [0.29, 0.717) is 18.5 Å². The lowest BCUT2D eigenvalue weighted by atomic mass is 9.81. The molecule has 0 aliphatic rings. The van der Waals surface area contributed by atoms with E-state index in [-0.39, 0.29) is 5.97 Å². The molecule has 0 aliphatic heterocycles. The molecule has 1 aromatic carbocycles. The first-order valence-corrected chi connectivity index (χ1v) is 7.63. The minimum absolute atomic E-state index is 0.186. The summed E-state index contributed by atoms with van der Waals surface area (Å²) in [5, 5.41) is 0. The molecular weight excluding hydrogens is 288 g/mol. The molecule has 2 N–H and O–H groups in total. The monoisotopic (exact) mass is 314 g/mol. The molecule has 1 atom stereocenters. The smallest absolute Gasteiger partial charge is 0.311 e. The van der Waals surface area contributed by atoms with E-state index >= 15 is 0 Å².